The highest BCUT2D eigenvalue weighted by molar-refractivity contribution is 6.00. The van der Waals surface area contributed by atoms with E-state index >= 15 is 0 Å². The highest BCUT2D eigenvalue weighted by Crippen LogP contribution is 2.51. The molecule has 3 aromatic rings. The van der Waals surface area contributed by atoms with Crippen molar-refractivity contribution in [3.05, 3.63) is 41.7 Å². The molecule has 2 amide bonds. The van der Waals surface area contributed by atoms with Gasteiger partial charge in [-0.2, -0.15) is 23.4 Å². The number of aryl methyl sites for hydroxylation is 1. The number of rotatable bonds is 11. The number of carbonyl (C=O) groups is 2. The molecule has 2 aliphatic carbocycles. The number of alkyl halides is 3. The van der Waals surface area contributed by atoms with Gasteiger partial charge in [-0.3, -0.25) is 19.0 Å². The van der Waals surface area contributed by atoms with Crippen LogP contribution >= 0.6 is 0 Å². The fraction of sp³-hybridized carbons (Fsp3) is 0.600. The second-order valence-electron chi connectivity index (χ2n) is 10.8. The summed E-state index contributed by atoms with van der Waals surface area (Å²) in [5, 5.41) is 21.7. The highest BCUT2D eigenvalue weighted by Gasteiger charge is 2.48. The zero-order valence-corrected chi connectivity index (χ0v) is 22.0. The molecule has 39 heavy (non-hydrogen) atoms. The molecule has 0 radical (unpaired) electrons. The van der Waals surface area contributed by atoms with Crippen molar-refractivity contribution in [2.45, 2.75) is 77.8 Å². The number of anilines is 1. The largest absolute Gasteiger partial charge is 0.408 e. The van der Waals surface area contributed by atoms with Crippen LogP contribution in [0.2, 0.25) is 0 Å². The summed E-state index contributed by atoms with van der Waals surface area (Å²) in [5.74, 6) is 0.0998. The SMILES string of the molecule is Cc1nnn(CC(F)(F)F)c1Cn1cc(NC(=O)C(NC(=O)c2ccnn2C(C)C)C(C2CC2)C2CC2)cn1. The Hall–Kier alpha value is -3.71. The maximum Gasteiger partial charge on any atom is 0.408 e. The Morgan fingerprint density at radius 2 is 1.82 bits per heavy atom. The lowest BCUT2D eigenvalue weighted by Crippen LogP contribution is -2.50. The van der Waals surface area contributed by atoms with Crippen molar-refractivity contribution in [1.82, 2.24) is 39.9 Å². The van der Waals surface area contributed by atoms with Crippen molar-refractivity contribution in [3.8, 4) is 0 Å². The third-order valence-electron chi connectivity index (χ3n) is 7.25. The van der Waals surface area contributed by atoms with E-state index in [0.717, 1.165) is 30.4 Å². The molecular weight excluding hydrogens is 515 g/mol. The van der Waals surface area contributed by atoms with Gasteiger partial charge in [0.15, 0.2) is 0 Å². The molecule has 0 bridgehead atoms. The van der Waals surface area contributed by atoms with E-state index in [0.29, 0.717) is 28.9 Å². The normalized spacial score (nSPS) is 16.6. The van der Waals surface area contributed by atoms with Gasteiger partial charge in [-0.25, -0.2) is 4.68 Å². The first kappa shape index (κ1) is 26.9. The number of amides is 2. The van der Waals surface area contributed by atoms with Crippen LogP contribution in [0.4, 0.5) is 18.9 Å². The second kappa shape index (κ2) is 10.5. The van der Waals surface area contributed by atoms with E-state index in [1.165, 1.54) is 17.1 Å². The van der Waals surface area contributed by atoms with Crippen LogP contribution in [0.25, 0.3) is 0 Å². The first-order valence-corrected chi connectivity index (χ1v) is 13.1. The van der Waals surface area contributed by atoms with Crippen molar-refractivity contribution >= 4 is 17.5 Å². The van der Waals surface area contributed by atoms with Crippen LogP contribution in [0, 0.1) is 24.7 Å². The zero-order chi connectivity index (χ0) is 27.9. The number of hydrogen-bond acceptors (Lipinski definition) is 6. The predicted octanol–water partition coefficient (Wildman–Crippen LogP) is 3.34. The summed E-state index contributed by atoms with van der Waals surface area (Å²) in [4.78, 5) is 26.9. The number of nitrogens with zero attached hydrogens (tertiary/aromatic N) is 7. The molecule has 2 N–H and O–H groups in total. The molecule has 1 atom stereocenters. The second-order valence-corrected chi connectivity index (χ2v) is 10.8. The summed E-state index contributed by atoms with van der Waals surface area (Å²) in [5.41, 5.74) is 1.40. The first-order valence-electron chi connectivity index (χ1n) is 13.1. The summed E-state index contributed by atoms with van der Waals surface area (Å²) in [7, 11) is 0. The third kappa shape index (κ3) is 6.31. The molecule has 0 aliphatic heterocycles. The Kier molecular flexibility index (Phi) is 7.21. The van der Waals surface area contributed by atoms with E-state index in [-0.39, 0.29) is 36.0 Å². The Labute approximate surface area is 223 Å². The van der Waals surface area contributed by atoms with Gasteiger partial charge in [0.1, 0.15) is 18.3 Å². The molecule has 2 fully saturated rings. The monoisotopic (exact) mass is 547 g/mol. The van der Waals surface area contributed by atoms with Gasteiger partial charge >= 0.3 is 6.18 Å². The molecule has 5 rings (SSSR count). The Morgan fingerprint density at radius 3 is 2.44 bits per heavy atom. The minimum absolute atomic E-state index is 0.00306. The van der Waals surface area contributed by atoms with Crippen LogP contribution in [0.3, 0.4) is 0 Å². The van der Waals surface area contributed by atoms with Gasteiger partial charge in [-0.05, 0) is 70.3 Å². The van der Waals surface area contributed by atoms with Crippen molar-refractivity contribution in [2.75, 3.05) is 5.32 Å². The van der Waals surface area contributed by atoms with E-state index in [4.69, 9.17) is 0 Å². The van der Waals surface area contributed by atoms with Crippen molar-refractivity contribution < 1.29 is 22.8 Å². The van der Waals surface area contributed by atoms with Gasteiger partial charge in [0.2, 0.25) is 5.91 Å². The number of nitrogens with one attached hydrogen (secondary N) is 2. The molecular formula is C25H32F3N9O2. The van der Waals surface area contributed by atoms with Crippen LogP contribution in [0.15, 0.2) is 24.7 Å². The predicted molar refractivity (Wildman–Crippen MR) is 134 cm³/mol. The quantitative estimate of drug-likeness (QED) is 0.380. The van der Waals surface area contributed by atoms with Crippen LogP contribution in [-0.4, -0.2) is 58.6 Å². The standard InChI is InChI=1S/C25H32F3N9O2/c1-14(2)37-19(8-9-29-37)23(38)32-22(21(16-4-5-16)17-6-7-17)24(39)31-18-10-30-35(11-18)12-20-15(3)33-34-36(20)13-25(26,27)28/h8-11,14,16-17,21-22H,4-7,12-13H2,1-3H3,(H,31,39)(H,32,38). The molecule has 0 aromatic carbocycles. The topological polar surface area (TPSA) is 125 Å². The Balaban J connectivity index is 1.32. The number of aromatic nitrogens is 7. The lowest BCUT2D eigenvalue weighted by atomic mass is 9.88. The minimum atomic E-state index is -4.44. The number of hydrogen-bond donors (Lipinski definition) is 2. The Bertz CT molecular complexity index is 1320. The Morgan fingerprint density at radius 1 is 1.13 bits per heavy atom. The molecule has 2 saturated carbocycles. The zero-order valence-electron chi connectivity index (χ0n) is 22.0. The van der Waals surface area contributed by atoms with E-state index < -0.39 is 18.8 Å². The first-order chi connectivity index (χ1) is 18.5. The smallest absolute Gasteiger partial charge is 0.339 e. The van der Waals surface area contributed by atoms with Gasteiger partial charge in [-0.1, -0.05) is 5.21 Å². The molecule has 0 spiro atoms. The van der Waals surface area contributed by atoms with Gasteiger partial charge in [-0.15, -0.1) is 5.10 Å². The van der Waals surface area contributed by atoms with Crippen LogP contribution in [-0.2, 0) is 17.9 Å². The van der Waals surface area contributed by atoms with E-state index in [1.54, 1.807) is 23.9 Å². The molecule has 11 nitrogen and oxygen atoms in total. The van der Waals surface area contributed by atoms with Gasteiger partial charge in [0.05, 0.1) is 29.8 Å². The average Bonchev–Trinajstić information content (AvgIpc) is 3.75. The van der Waals surface area contributed by atoms with E-state index in [1.807, 2.05) is 13.8 Å². The lowest BCUT2D eigenvalue weighted by molar-refractivity contribution is -0.143. The van der Waals surface area contributed by atoms with Gasteiger partial charge < -0.3 is 10.6 Å². The summed E-state index contributed by atoms with van der Waals surface area (Å²) in [6.07, 6.45) is 4.21. The summed E-state index contributed by atoms with van der Waals surface area (Å²) < 4.78 is 42.6. The van der Waals surface area contributed by atoms with Gasteiger partial charge in [0, 0.05) is 18.4 Å². The summed E-state index contributed by atoms with van der Waals surface area (Å²) in [6, 6.07) is 0.876. The molecule has 3 heterocycles. The van der Waals surface area contributed by atoms with Crippen LogP contribution in [0.1, 0.15) is 67.4 Å². The maximum absolute atomic E-state index is 13.6. The summed E-state index contributed by atoms with van der Waals surface area (Å²) >= 11 is 0. The van der Waals surface area contributed by atoms with Crippen molar-refractivity contribution in [3.63, 3.8) is 0 Å². The van der Waals surface area contributed by atoms with E-state index in [2.05, 4.69) is 31.1 Å². The van der Waals surface area contributed by atoms with Crippen molar-refractivity contribution in [1.29, 1.82) is 0 Å². The van der Waals surface area contributed by atoms with Crippen LogP contribution in [0.5, 0.6) is 0 Å². The van der Waals surface area contributed by atoms with Crippen molar-refractivity contribution in [2.24, 2.45) is 17.8 Å². The van der Waals surface area contributed by atoms with Crippen LogP contribution < -0.4 is 10.6 Å². The minimum Gasteiger partial charge on any atom is -0.339 e. The summed E-state index contributed by atoms with van der Waals surface area (Å²) in [6.45, 7) is 4.18. The maximum atomic E-state index is 13.6. The molecule has 14 heteroatoms. The lowest BCUT2D eigenvalue weighted by Gasteiger charge is -2.27. The molecule has 2 aliphatic rings. The van der Waals surface area contributed by atoms with Gasteiger partial charge in [0.25, 0.3) is 5.91 Å². The highest BCUT2D eigenvalue weighted by atomic mass is 19.4. The molecule has 210 valence electrons. The molecule has 1 unspecified atom stereocenters. The molecule has 0 saturated heterocycles. The average molecular weight is 548 g/mol. The fourth-order valence-electron chi connectivity index (χ4n) is 5.15. The molecule has 3 aromatic heterocycles. The van der Waals surface area contributed by atoms with E-state index in [9.17, 15) is 22.8 Å². The third-order valence-corrected chi connectivity index (χ3v) is 7.25. The fourth-order valence-corrected chi connectivity index (χ4v) is 5.15. The number of carbonyl (C=O) groups excluding carboxylic acids is 2. The number of halogens is 3.